The van der Waals surface area contributed by atoms with Crippen LogP contribution in [0.5, 0.6) is 0 Å². The molecule has 6 heteroatoms. The number of urea groups is 1. The summed E-state index contributed by atoms with van der Waals surface area (Å²) < 4.78 is 4.44. The normalized spacial score (nSPS) is 9.58. The van der Waals surface area contributed by atoms with Crippen LogP contribution >= 0.6 is 0 Å². The van der Waals surface area contributed by atoms with Gasteiger partial charge in [-0.1, -0.05) is 0 Å². The summed E-state index contributed by atoms with van der Waals surface area (Å²) >= 11 is 0. The fourth-order valence-corrected chi connectivity index (χ4v) is 1.34. The van der Waals surface area contributed by atoms with E-state index >= 15 is 0 Å². The molecule has 0 aliphatic carbocycles. The summed E-state index contributed by atoms with van der Waals surface area (Å²) in [6.07, 6.45) is 0.118. The molecule has 0 aliphatic heterocycles. The molecule has 1 aromatic rings. The van der Waals surface area contributed by atoms with Gasteiger partial charge in [0.1, 0.15) is 0 Å². The Hall–Kier alpha value is -2.37. The van der Waals surface area contributed by atoms with E-state index in [1.807, 2.05) is 0 Å². The fraction of sp³-hybridized carbons (Fsp3) is 0.308. The van der Waals surface area contributed by atoms with Crippen molar-refractivity contribution >= 4 is 23.5 Å². The Morgan fingerprint density at radius 2 is 1.79 bits per heavy atom. The van der Waals surface area contributed by atoms with E-state index in [-0.39, 0.29) is 24.7 Å². The fourth-order valence-electron chi connectivity index (χ4n) is 1.34. The minimum Gasteiger partial charge on any atom is -0.469 e. The molecule has 2 amide bonds. The molecule has 0 bridgehead atoms. The number of amides is 2. The van der Waals surface area contributed by atoms with E-state index in [0.29, 0.717) is 11.3 Å². The molecule has 0 fully saturated rings. The minimum absolute atomic E-state index is 0.0333. The summed E-state index contributed by atoms with van der Waals surface area (Å²) in [5, 5.41) is 5.10. The second kappa shape index (κ2) is 7.15. The van der Waals surface area contributed by atoms with Crippen LogP contribution in [0.25, 0.3) is 0 Å². The average molecular weight is 264 g/mol. The molecule has 1 aromatic carbocycles. The third kappa shape index (κ3) is 5.20. The Bertz CT molecular complexity index is 468. The molecule has 0 radical (unpaired) electrons. The highest BCUT2D eigenvalue weighted by molar-refractivity contribution is 5.95. The number of ketones is 1. The van der Waals surface area contributed by atoms with Gasteiger partial charge in [0.25, 0.3) is 0 Å². The molecular weight excluding hydrogens is 248 g/mol. The van der Waals surface area contributed by atoms with Gasteiger partial charge < -0.3 is 15.4 Å². The van der Waals surface area contributed by atoms with E-state index in [2.05, 4.69) is 15.4 Å². The highest BCUT2D eigenvalue weighted by Crippen LogP contribution is 2.09. The highest BCUT2D eigenvalue weighted by atomic mass is 16.5. The van der Waals surface area contributed by atoms with Crippen LogP contribution in [0.1, 0.15) is 23.7 Å². The summed E-state index contributed by atoms with van der Waals surface area (Å²) in [6.45, 7) is 1.67. The summed E-state index contributed by atoms with van der Waals surface area (Å²) in [4.78, 5) is 33.4. The summed E-state index contributed by atoms with van der Waals surface area (Å²) in [5.41, 5.74) is 1.15. The van der Waals surface area contributed by atoms with Crippen LogP contribution in [-0.4, -0.2) is 31.4 Å². The Labute approximate surface area is 111 Å². The molecule has 19 heavy (non-hydrogen) atoms. The van der Waals surface area contributed by atoms with E-state index < -0.39 is 6.03 Å². The zero-order valence-electron chi connectivity index (χ0n) is 10.9. The van der Waals surface area contributed by atoms with Crippen LogP contribution in [0.15, 0.2) is 24.3 Å². The molecule has 0 aromatic heterocycles. The first-order chi connectivity index (χ1) is 9.02. The lowest BCUT2D eigenvalue weighted by molar-refractivity contribution is -0.140. The quantitative estimate of drug-likeness (QED) is 0.624. The summed E-state index contributed by atoms with van der Waals surface area (Å²) in [7, 11) is 1.29. The zero-order valence-corrected chi connectivity index (χ0v) is 10.9. The van der Waals surface area contributed by atoms with E-state index in [9.17, 15) is 14.4 Å². The van der Waals surface area contributed by atoms with Crippen LogP contribution in [0.4, 0.5) is 10.5 Å². The monoisotopic (exact) mass is 264 g/mol. The first-order valence-corrected chi connectivity index (χ1v) is 5.75. The van der Waals surface area contributed by atoms with E-state index in [1.165, 1.54) is 14.0 Å². The van der Waals surface area contributed by atoms with Crippen molar-refractivity contribution in [3.05, 3.63) is 29.8 Å². The standard InChI is InChI=1S/C13H16N2O4/c1-9(16)10-3-5-11(6-4-10)15-13(18)14-8-7-12(17)19-2/h3-6H,7-8H2,1-2H3,(H2,14,15,18). The van der Waals surface area contributed by atoms with Crippen molar-refractivity contribution < 1.29 is 19.1 Å². The molecule has 0 spiro atoms. The minimum atomic E-state index is -0.417. The van der Waals surface area contributed by atoms with E-state index in [1.54, 1.807) is 24.3 Å². The molecule has 6 nitrogen and oxygen atoms in total. The van der Waals surface area contributed by atoms with Gasteiger partial charge in [-0.25, -0.2) is 4.79 Å². The molecule has 1 rings (SSSR count). The third-order valence-corrected chi connectivity index (χ3v) is 2.39. The van der Waals surface area contributed by atoms with E-state index in [0.717, 1.165) is 0 Å². The molecule has 0 atom stereocenters. The Kier molecular flexibility index (Phi) is 5.53. The lowest BCUT2D eigenvalue weighted by atomic mass is 10.1. The number of nitrogens with one attached hydrogen (secondary N) is 2. The lowest BCUT2D eigenvalue weighted by Crippen LogP contribution is -2.30. The molecule has 0 aliphatic rings. The average Bonchev–Trinajstić information content (AvgIpc) is 2.39. The van der Waals surface area contributed by atoms with E-state index in [4.69, 9.17) is 0 Å². The second-order valence-electron chi connectivity index (χ2n) is 3.84. The van der Waals surface area contributed by atoms with Crippen molar-refractivity contribution in [3.8, 4) is 0 Å². The van der Waals surface area contributed by atoms with Crippen molar-refractivity contribution in [2.24, 2.45) is 0 Å². The second-order valence-corrected chi connectivity index (χ2v) is 3.84. The lowest BCUT2D eigenvalue weighted by Gasteiger charge is -2.07. The molecule has 0 heterocycles. The maximum Gasteiger partial charge on any atom is 0.319 e. The molecular formula is C13H16N2O4. The van der Waals surface area contributed by atoms with Gasteiger partial charge in [-0.3, -0.25) is 9.59 Å². The van der Waals surface area contributed by atoms with Crippen molar-refractivity contribution in [3.63, 3.8) is 0 Å². The van der Waals surface area contributed by atoms with Crippen LogP contribution in [0.2, 0.25) is 0 Å². The predicted octanol–water partition coefficient (Wildman–Crippen LogP) is 1.57. The molecule has 0 unspecified atom stereocenters. The van der Waals surface area contributed by atoms with Gasteiger partial charge in [0, 0.05) is 17.8 Å². The van der Waals surface area contributed by atoms with Gasteiger partial charge in [0.05, 0.1) is 13.5 Å². The number of hydrogen-bond donors (Lipinski definition) is 2. The van der Waals surface area contributed by atoms with Gasteiger partial charge in [-0.05, 0) is 31.2 Å². The number of carbonyl (C=O) groups is 3. The number of rotatable bonds is 5. The predicted molar refractivity (Wildman–Crippen MR) is 70.1 cm³/mol. The topological polar surface area (TPSA) is 84.5 Å². The number of Topliss-reactive ketones (excluding diaryl/α,β-unsaturated/α-hetero) is 1. The number of ether oxygens (including phenoxy) is 1. The zero-order chi connectivity index (χ0) is 14.3. The molecule has 102 valence electrons. The van der Waals surface area contributed by atoms with Crippen LogP contribution in [0, 0.1) is 0 Å². The van der Waals surface area contributed by atoms with Crippen molar-refractivity contribution in [2.75, 3.05) is 19.0 Å². The van der Waals surface area contributed by atoms with Crippen LogP contribution in [0.3, 0.4) is 0 Å². The molecule has 0 saturated heterocycles. The van der Waals surface area contributed by atoms with Crippen molar-refractivity contribution in [2.45, 2.75) is 13.3 Å². The van der Waals surface area contributed by atoms with Crippen LogP contribution in [-0.2, 0) is 9.53 Å². The third-order valence-electron chi connectivity index (χ3n) is 2.39. The maximum atomic E-state index is 11.5. The van der Waals surface area contributed by atoms with Gasteiger partial charge in [-0.15, -0.1) is 0 Å². The Morgan fingerprint density at radius 3 is 2.32 bits per heavy atom. The number of benzene rings is 1. The van der Waals surface area contributed by atoms with Crippen molar-refractivity contribution in [1.82, 2.24) is 5.32 Å². The number of anilines is 1. The van der Waals surface area contributed by atoms with Crippen molar-refractivity contribution in [1.29, 1.82) is 0 Å². The Morgan fingerprint density at radius 1 is 1.16 bits per heavy atom. The van der Waals surface area contributed by atoms with Gasteiger partial charge >= 0.3 is 12.0 Å². The SMILES string of the molecule is COC(=O)CCNC(=O)Nc1ccc(C(C)=O)cc1. The smallest absolute Gasteiger partial charge is 0.319 e. The van der Waals surface area contributed by atoms with Gasteiger partial charge in [0.2, 0.25) is 0 Å². The first kappa shape index (κ1) is 14.7. The maximum absolute atomic E-state index is 11.5. The Balaban J connectivity index is 2.40. The van der Waals surface area contributed by atoms with Gasteiger partial charge in [-0.2, -0.15) is 0 Å². The summed E-state index contributed by atoms with van der Waals surface area (Å²) in [6, 6.07) is 6.12. The van der Waals surface area contributed by atoms with Crippen LogP contribution < -0.4 is 10.6 Å². The summed E-state index contributed by atoms with van der Waals surface area (Å²) in [5.74, 6) is -0.416. The van der Waals surface area contributed by atoms with Gasteiger partial charge in [0.15, 0.2) is 5.78 Å². The largest absolute Gasteiger partial charge is 0.469 e. The first-order valence-electron chi connectivity index (χ1n) is 5.75. The molecule has 2 N–H and O–H groups in total. The number of esters is 1. The number of hydrogen-bond acceptors (Lipinski definition) is 4. The molecule has 0 saturated carbocycles. The highest BCUT2D eigenvalue weighted by Gasteiger charge is 2.04. The number of methoxy groups -OCH3 is 1. The number of carbonyl (C=O) groups excluding carboxylic acids is 3.